The quantitative estimate of drug-likeness (QED) is 0.855. The van der Waals surface area contributed by atoms with Crippen molar-refractivity contribution < 1.29 is 18.9 Å². The molecule has 17 heavy (non-hydrogen) atoms. The highest BCUT2D eigenvalue weighted by molar-refractivity contribution is 9.10. The van der Waals surface area contributed by atoms with Crippen LogP contribution < -0.4 is 9.47 Å². The highest BCUT2D eigenvalue weighted by atomic mass is 79.9. The van der Waals surface area contributed by atoms with Crippen molar-refractivity contribution in [1.29, 1.82) is 0 Å². The Morgan fingerprint density at radius 3 is 2.94 bits per heavy atom. The minimum Gasteiger partial charge on any atom is -0.493 e. The van der Waals surface area contributed by atoms with Crippen LogP contribution in [0.5, 0.6) is 11.5 Å². The monoisotopic (exact) mass is 302 g/mol. The summed E-state index contributed by atoms with van der Waals surface area (Å²) in [6.45, 7) is 2.35. The van der Waals surface area contributed by atoms with E-state index in [9.17, 15) is 0 Å². The van der Waals surface area contributed by atoms with Crippen LogP contribution in [0.25, 0.3) is 0 Å². The van der Waals surface area contributed by atoms with Crippen molar-refractivity contribution in [2.75, 3.05) is 33.5 Å². The van der Waals surface area contributed by atoms with Crippen LogP contribution in [0.3, 0.4) is 0 Å². The third-order valence-corrected chi connectivity index (χ3v) is 2.93. The number of halogens is 1. The van der Waals surface area contributed by atoms with Crippen molar-refractivity contribution in [3.63, 3.8) is 0 Å². The average molecular weight is 303 g/mol. The van der Waals surface area contributed by atoms with Gasteiger partial charge < -0.3 is 18.9 Å². The Labute approximate surface area is 109 Å². The van der Waals surface area contributed by atoms with E-state index in [-0.39, 0.29) is 6.10 Å². The predicted octanol–water partition coefficient (Wildman–Crippen LogP) is 2.25. The van der Waals surface area contributed by atoms with Crippen molar-refractivity contribution in [2.24, 2.45) is 0 Å². The minimum atomic E-state index is -0.00268. The van der Waals surface area contributed by atoms with Crippen molar-refractivity contribution in [1.82, 2.24) is 0 Å². The fourth-order valence-corrected chi connectivity index (χ4v) is 1.92. The first-order chi connectivity index (χ1) is 8.29. The van der Waals surface area contributed by atoms with Crippen molar-refractivity contribution >= 4 is 15.9 Å². The molecule has 0 saturated carbocycles. The lowest BCUT2D eigenvalue weighted by Gasteiger charge is -2.23. The van der Waals surface area contributed by atoms with Gasteiger partial charge in [0.15, 0.2) is 11.5 Å². The first-order valence-electron chi connectivity index (χ1n) is 5.45. The highest BCUT2D eigenvalue weighted by Crippen LogP contribution is 2.30. The van der Waals surface area contributed by atoms with E-state index >= 15 is 0 Å². The minimum absolute atomic E-state index is 0.00268. The van der Waals surface area contributed by atoms with Crippen LogP contribution in [0.2, 0.25) is 0 Å². The molecular weight excluding hydrogens is 288 g/mol. The first-order valence-corrected chi connectivity index (χ1v) is 6.24. The first kappa shape index (κ1) is 12.7. The number of rotatable bonds is 4. The molecule has 1 heterocycles. The molecule has 0 spiro atoms. The summed E-state index contributed by atoms with van der Waals surface area (Å²) in [5.74, 6) is 1.42. The van der Waals surface area contributed by atoms with Crippen LogP contribution in [0.1, 0.15) is 0 Å². The summed E-state index contributed by atoms with van der Waals surface area (Å²) in [6, 6.07) is 5.65. The van der Waals surface area contributed by atoms with Gasteiger partial charge in [-0.05, 0) is 18.2 Å². The van der Waals surface area contributed by atoms with Crippen LogP contribution in [0.15, 0.2) is 22.7 Å². The maximum atomic E-state index is 5.67. The van der Waals surface area contributed by atoms with Crippen LogP contribution >= 0.6 is 15.9 Å². The summed E-state index contributed by atoms with van der Waals surface area (Å²) in [7, 11) is 1.62. The van der Waals surface area contributed by atoms with E-state index < -0.39 is 0 Å². The topological polar surface area (TPSA) is 36.9 Å². The molecule has 1 aliphatic heterocycles. The van der Waals surface area contributed by atoms with E-state index in [0.717, 1.165) is 4.47 Å². The third kappa shape index (κ3) is 3.59. The molecular formula is C12H15BrO4. The summed E-state index contributed by atoms with van der Waals surface area (Å²) < 4.78 is 22.7. The second-order valence-electron chi connectivity index (χ2n) is 3.67. The molecule has 2 rings (SSSR count). The van der Waals surface area contributed by atoms with Gasteiger partial charge in [0.2, 0.25) is 0 Å². The lowest BCUT2D eigenvalue weighted by Crippen LogP contribution is -2.33. The standard InChI is InChI=1S/C12H15BrO4/c1-14-12-6-9(13)2-3-11(12)17-8-10-7-15-4-5-16-10/h2-3,6,10H,4-5,7-8H2,1H3/t10-/m1/s1. The number of benzene rings is 1. The Bertz CT molecular complexity index is 364. The number of ether oxygens (including phenoxy) is 4. The Balaban J connectivity index is 1.93. The van der Waals surface area contributed by atoms with Crippen molar-refractivity contribution in [2.45, 2.75) is 6.10 Å². The molecule has 1 aromatic rings. The molecule has 1 saturated heterocycles. The molecule has 1 fully saturated rings. The van der Waals surface area contributed by atoms with Gasteiger partial charge in [-0.2, -0.15) is 0 Å². The number of methoxy groups -OCH3 is 1. The average Bonchev–Trinajstić information content (AvgIpc) is 2.38. The third-order valence-electron chi connectivity index (χ3n) is 2.44. The molecule has 0 unspecified atom stereocenters. The molecule has 0 N–H and O–H groups in total. The summed E-state index contributed by atoms with van der Waals surface area (Å²) in [5.41, 5.74) is 0. The van der Waals surface area contributed by atoms with Crippen molar-refractivity contribution in [3.05, 3.63) is 22.7 Å². The SMILES string of the molecule is COc1cc(Br)ccc1OC[C@H]1COCCO1. The Morgan fingerprint density at radius 2 is 2.24 bits per heavy atom. The summed E-state index contributed by atoms with van der Waals surface area (Å²) in [5, 5.41) is 0. The van der Waals surface area contributed by atoms with Gasteiger partial charge in [0, 0.05) is 4.47 Å². The lowest BCUT2D eigenvalue weighted by molar-refractivity contribution is -0.101. The molecule has 0 aromatic heterocycles. The zero-order valence-corrected chi connectivity index (χ0v) is 11.2. The van der Waals surface area contributed by atoms with Gasteiger partial charge in [0.1, 0.15) is 12.7 Å². The van der Waals surface area contributed by atoms with E-state index in [1.54, 1.807) is 7.11 Å². The molecule has 5 heteroatoms. The van der Waals surface area contributed by atoms with Gasteiger partial charge in [-0.3, -0.25) is 0 Å². The Kier molecular flexibility index (Phi) is 4.65. The van der Waals surface area contributed by atoms with Gasteiger partial charge in [0.25, 0.3) is 0 Å². The number of hydrogen-bond acceptors (Lipinski definition) is 4. The van der Waals surface area contributed by atoms with Gasteiger partial charge in [-0.15, -0.1) is 0 Å². The van der Waals surface area contributed by atoms with E-state index in [4.69, 9.17) is 18.9 Å². The second-order valence-corrected chi connectivity index (χ2v) is 4.59. The summed E-state index contributed by atoms with van der Waals surface area (Å²) in [6.07, 6.45) is -0.00268. The highest BCUT2D eigenvalue weighted by Gasteiger charge is 2.16. The smallest absolute Gasteiger partial charge is 0.161 e. The van der Waals surface area contributed by atoms with Gasteiger partial charge in [-0.1, -0.05) is 15.9 Å². The molecule has 0 amide bonds. The normalized spacial score (nSPS) is 20.0. The van der Waals surface area contributed by atoms with Gasteiger partial charge in [-0.25, -0.2) is 0 Å². The Morgan fingerprint density at radius 1 is 1.35 bits per heavy atom. The summed E-state index contributed by atoms with van der Waals surface area (Å²) in [4.78, 5) is 0. The van der Waals surface area contributed by atoms with E-state index in [0.29, 0.717) is 37.9 Å². The maximum absolute atomic E-state index is 5.67. The molecule has 4 nitrogen and oxygen atoms in total. The molecule has 0 bridgehead atoms. The fourth-order valence-electron chi connectivity index (χ4n) is 1.58. The molecule has 1 aromatic carbocycles. The van der Waals surface area contributed by atoms with Crippen molar-refractivity contribution in [3.8, 4) is 11.5 Å². The van der Waals surface area contributed by atoms with E-state index in [2.05, 4.69) is 15.9 Å². The molecule has 0 radical (unpaired) electrons. The van der Waals surface area contributed by atoms with Gasteiger partial charge in [0.05, 0.1) is 26.9 Å². The van der Waals surface area contributed by atoms with Gasteiger partial charge >= 0.3 is 0 Å². The number of hydrogen-bond donors (Lipinski definition) is 0. The van der Waals surface area contributed by atoms with Crippen LogP contribution in [-0.2, 0) is 9.47 Å². The van der Waals surface area contributed by atoms with E-state index in [1.807, 2.05) is 18.2 Å². The largest absolute Gasteiger partial charge is 0.493 e. The van der Waals surface area contributed by atoms with E-state index in [1.165, 1.54) is 0 Å². The zero-order chi connectivity index (χ0) is 12.1. The van der Waals surface area contributed by atoms with Crippen LogP contribution in [-0.4, -0.2) is 39.6 Å². The fraction of sp³-hybridized carbons (Fsp3) is 0.500. The molecule has 94 valence electrons. The molecule has 1 aliphatic rings. The maximum Gasteiger partial charge on any atom is 0.161 e. The lowest BCUT2D eigenvalue weighted by atomic mass is 10.3. The van der Waals surface area contributed by atoms with Crippen LogP contribution in [0.4, 0.5) is 0 Å². The second kappa shape index (κ2) is 6.23. The predicted molar refractivity (Wildman–Crippen MR) is 66.7 cm³/mol. The molecule has 0 aliphatic carbocycles. The van der Waals surface area contributed by atoms with Crippen LogP contribution in [0, 0.1) is 0 Å². The summed E-state index contributed by atoms with van der Waals surface area (Å²) >= 11 is 3.38. The Hall–Kier alpha value is -0.780. The molecule has 1 atom stereocenters. The zero-order valence-electron chi connectivity index (χ0n) is 9.65.